The molecule has 1 aliphatic heterocycles. The quantitative estimate of drug-likeness (QED) is 0.835. The van der Waals surface area contributed by atoms with Gasteiger partial charge in [-0.15, -0.1) is 0 Å². The molecule has 6 nitrogen and oxygen atoms in total. The first-order chi connectivity index (χ1) is 13.5. The van der Waals surface area contributed by atoms with Crippen LogP contribution in [0.1, 0.15) is 27.9 Å². The highest BCUT2D eigenvalue weighted by Gasteiger charge is 2.23. The summed E-state index contributed by atoms with van der Waals surface area (Å²) in [6.45, 7) is 1.72. The third-order valence-electron chi connectivity index (χ3n) is 5.01. The molecule has 3 rings (SSSR count). The molecule has 0 saturated carbocycles. The molecular formula is C22H27N3O3. The highest BCUT2D eigenvalue weighted by atomic mass is 16.5. The van der Waals surface area contributed by atoms with Crippen LogP contribution in [0.2, 0.25) is 0 Å². The van der Waals surface area contributed by atoms with Crippen molar-refractivity contribution < 1.29 is 14.3 Å². The Hall–Kier alpha value is -2.86. The molecule has 1 N–H and O–H groups in total. The molecule has 0 radical (unpaired) electrons. The van der Waals surface area contributed by atoms with Gasteiger partial charge in [0.2, 0.25) is 5.91 Å². The lowest BCUT2D eigenvalue weighted by Crippen LogP contribution is -2.41. The van der Waals surface area contributed by atoms with E-state index in [9.17, 15) is 9.59 Å². The Morgan fingerprint density at radius 2 is 1.93 bits per heavy atom. The summed E-state index contributed by atoms with van der Waals surface area (Å²) in [6.07, 6.45) is 1.92. The fourth-order valence-electron chi connectivity index (χ4n) is 3.55. The van der Waals surface area contributed by atoms with Gasteiger partial charge in [-0.25, -0.2) is 0 Å². The fourth-order valence-corrected chi connectivity index (χ4v) is 3.55. The molecule has 0 aromatic heterocycles. The SMILES string of the molecule is CNC(=O)c1ccc(CN(C)CC(=O)N2CCCc3cc(OC)ccc32)cc1. The number of aryl methyl sites for hydroxylation is 1. The van der Waals surface area contributed by atoms with Crippen molar-refractivity contribution in [3.63, 3.8) is 0 Å². The van der Waals surface area contributed by atoms with Crippen molar-refractivity contribution in [2.75, 3.05) is 39.2 Å². The van der Waals surface area contributed by atoms with Gasteiger partial charge >= 0.3 is 0 Å². The first kappa shape index (κ1) is 19.9. The molecule has 6 heteroatoms. The van der Waals surface area contributed by atoms with E-state index in [1.807, 2.05) is 47.2 Å². The first-order valence-electron chi connectivity index (χ1n) is 9.48. The Bertz CT molecular complexity index is 849. The van der Waals surface area contributed by atoms with Gasteiger partial charge in [-0.05, 0) is 61.3 Å². The molecule has 0 unspecified atom stereocenters. The number of nitrogens with one attached hydrogen (secondary N) is 1. The highest BCUT2D eigenvalue weighted by Crippen LogP contribution is 2.30. The molecule has 1 aliphatic rings. The van der Waals surface area contributed by atoms with Crippen LogP contribution in [0.25, 0.3) is 0 Å². The van der Waals surface area contributed by atoms with E-state index in [1.165, 1.54) is 0 Å². The second-order valence-corrected chi connectivity index (χ2v) is 7.09. The molecule has 2 amide bonds. The molecular weight excluding hydrogens is 354 g/mol. The van der Waals surface area contributed by atoms with Crippen LogP contribution in [0.5, 0.6) is 5.75 Å². The minimum atomic E-state index is -0.101. The van der Waals surface area contributed by atoms with Crippen molar-refractivity contribution in [1.82, 2.24) is 10.2 Å². The van der Waals surface area contributed by atoms with Crippen LogP contribution in [0.4, 0.5) is 5.69 Å². The smallest absolute Gasteiger partial charge is 0.251 e. The van der Waals surface area contributed by atoms with Crippen molar-refractivity contribution in [1.29, 1.82) is 0 Å². The topological polar surface area (TPSA) is 61.9 Å². The second kappa shape index (κ2) is 8.89. The summed E-state index contributed by atoms with van der Waals surface area (Å²) in [5.41, 5.74) is 3.84. The molecule has 0 saturated heterocycles. The number of ether oxygens (including phenoxy) is 1. The highest BCUT2D eigenvalue weighted by molar-refractivity contribution is 5.96. The molecule has 148 valence electrons. The van der Waals surface area contributed by atoms with Crippen molar-refractivity contribution in [2.24, 2.45) is 0 Å². The summed E-state index contributed by atoms with van der Waals surface area (Å²) in [5.74, 6) is 0.816. The van der Waals surface area contributed by atoms with Crippen molar-refractivity contribution >= 4 is 17.5 Å². The Morgan fingerprint density at radius 3 is 2.61 bits per heavy atom. The predicted molar refractivity (Wildman–Crippen MR) is 110 cm³/mol. The van der Waals surface area contributed by atoms with Crippen LogP contribution in [-0.2, 0) is 17.8 Å². The number of likely N-dealkylation sites (N-methyl/N-ethyl adjacent to an activating group) is 1. The maximum atomic E-state index is 12.9. The Balaban J connectivity index is 1.63. The van der Waals surface area contributed by atoms with Gasteiger partial charge < -0.3 is 15.0 Å². The number of carbonyl (C=O) groups excluding carboxylic acids is 2. The average molecular weight is 381 g/mol. The maximum Gasteiger partial charge on any atom is 0.251 e. The predicted octanol–water partition coefficient (Wildman–Crippen LogP) is 2.47. The lowest BCUT2D eigenvalue weighted by atomic mass is 10.0. The van der Waals surface area contributed by atoms with Gasteiger partial charge in [0.25, 0.3) is 5.91 Å². The third-order valence-corrected chi connectivity index (χ3v) is 5.01. The molecule has 2 aromatic rings. The van der Waals surface area contributed by atoms with E-state index in [0.29, 0.717) is 18.7 Å². The largest absolute Gasteiger partial charge is 0.497 e. The van der Waals surface area contributed by atoms with Crippen LogP contribution in [0.3, 0.4) is 0 Å². The third kappa shape index (κ3) is 4.51. The molecule has 0 atom stereocenters. The Labute approximate surface area is 166 Å². The zero-order valence-electron chi connectivity index (χ0n) is 16.7. The van der Waals surface area contributed by atoms with Crippen LogP contribution in [0, 0.1) is 0 Å². The van der Waals surface area contributed by atoms with E-state index in [2.05, 4.69) is 5.32 Å². The monoisotopic (exact) mass is 381 g/mol. The van der Waals surface area contributed by atoms with Gasteiger partial charge in [0.1, 0.15) is 5.75 Å². The van der Waals surface area contributed by atoms with E-state index in [0.717, 1.165) is 42.0 Å². The normalized spacial score (nSPS) is 13.2. The van der Waals surface area contributed by atoms with E-state index >= 15 is 0 Å². The van der Waals surface area contributed by atoms with E-state index < -0.39 is 0 Å². The molecule has 0 bridgehead atoms. The molecule has 1 heterocycles. The zero-order chi connectivity index (χ0) is 20.1. The number of benzene rings is 2. The van der Waals surface area contributed by atoms with Gasteiger partial charge in [-0.3, -0.25) is 14.5 Å². The minimum Gasteiger partial charge on any atom is -0.497 e. The van der Waals surface area contributed by atoms with Crippen LogP contribution in [-0.4, -0.2) is 51.0 Å². The minimum absolute atomic E-state index is 0.0931. The number of hydrogen-bond acceptors (Lipinski definition) is 4. The number of anilines is 1. The first-order valence-corrected chi connectivity index (χ1v) is 9.48. The maximum absolute atomic E-state index is 12.9. The van der Waals surface area contributed by atoms with Crippen molar-refractivity contribution in [2.45, 2.75) is 19.4 Å². The molecule has 0 spiro atoms. The van der Waals surface area contributed by atoms with Crippen LogP contribution in [0.15, 0.2) is 42.5 Å². The number of carbonyl (C=O) groups is 2. The van der Waals surface area contributed by atoms with Gasteiger partial charge in [-0.1, -0.05) is 12.1 Å². The van der Waals surface area contributed by atoms with Crippen LogP contribution >= 0.6 is 0 Å². The summed E-state index contributed by atoms with van der Waals surface area (Å²) in [7, 11) is 5.21. The second-order valence-electron chi connectivity index (χ2n) is 7.09. The lowest BCUT2D eigenvalue weighted by molar-refractivity contribution is -0.119. The summed E-state index contributed by atoms with van der Waals surface area (Å²) < 4.78 is 5.30. The molecule has 0 fully saturated rings. The summed E-state index contributed by atoms with van der Waals surface area (Å²) >= 11 is 0. The Kier molecular flexibility index (Phi) is 6.31. The number of nitrogens with zero attached hydrogens (tertiary/aromatic N) is 2. The molecule has 0 aliphatic carbocycles. The fraction of sp³-hybridized carbons (Fsp3) is 0.364. The van der Waals surface area contributed by atoms with Gasteiger partial charge in [0.15, 0.2) is 0 Å². The average Bonchev–Trinajstić information content (AvgIpc) is 2.72. The zero-order valence-corrected chi connectivity index (χ0v) is 16.7. The lowest BCUT2D eigenvalue weighted by Gasteiger charge is -2.31. The van der Waals surface area contributed by atoms with Crippen molar-refractivity contribution in [3.8, 4) is 5.75 Å². The van der Waals surface area contributed by atoms with E-state index in [1.54, 1.807) is 26.3 Å². The van der Waals surface area contributed by atoms with E-state index in [4.69, 9.17) is 4.74 Å². The molecule has 28 heavy (non-hydrogen) atoms. The van der Waals surface area contributed by atoms with E-state index in [-0.39, 0.29) is 11.8 Å². The van der Waals surface area contributed by atoms with Gasteiger partial charge in [0, 0.05) is 31.4 Å². The van der Waals surface area contributed by atoms with Gasteiger partial charge in [0.05, 0.1) is 13.7 Å². The summed E-state index contributed by atoms with van der Waals surface area (Å²) in [5, 5.41) is 2.61. The molecule has 2 aromatic carbocycles. The standard InChI is InChI=1S/C22H27N3O3/c1-23-22(27)17-8-6-16(7-9-17)14-24(2)15-21(26)25-12-4-5-18-13-19(28-3)10-11-20(18)25/h6-11,13H,4-5,12,14-15H2,1-3H3,(H,23,27). The van der Waals surface area contributed by atoms with Crippen LogP contribution < -0.4 is 15.0 Å². The number of hydrogen-bond donors (Lipinski definition) is 1. The summed E-state index contributed by atoms with van der Waals surface area (Å²) in [4.78, 5) is 28.4. The Morgan fingerprint density at radius 1 is 1.18 bits per heavy atom. The van der Waals surface area contributed by atoms with Gasteiger partial charge in [-0.2, -0.15) is 0 Å². The number of amides is 2. The number of rotatable bonds is 6. The number of methoxy groups -OCH3 is 1. The number of fused-ring (bicyclic) bond motifs is 1. The summed E-state index contributed by atoms with van der Waals surface area (Å²) in [6, 6.07) is 13.4. The van der Waals surface area contributed by atoms with Crippen molar-refractivity contribution in [3.05, 3.63) is 59.2 Å².